The monoisotopic (exact) mass is 228 g/mol. The predicted molar refractivity (Wildman–Crippen MR) is 60.2 cm³/mol. The number of hydrogen-bond acceptors (Lipinski definition) is 4. The zero-order valence-electron chi connectivity index (χ0n) is 10.0. The van der Waals surface area contributed by atoms with E-state index < -0.39 is 0 Å². The summed E-state index contributed by atoms with van der Waals surface area (Å²) in [4.78, 5) is 11.1. The van der Waals surface area contributed by atoms with Crippen molar-refractivity contribution in [2.24, 2.45) is 0 Å². The second-order valence-electron chi connectivity index (χ2n) is 4.16. The maximum atomic E-state index is 11.1. The molecule has 0 spiro atoms. The van der Waals surface area contributed by atoms with E-state index in [0.717, 1.165) is 19.4 Å². The molecular formula is C12H20O4. The van der Waals surface area contributed by atoms with E-state index in [1.54, 1.807) is 6.92 Å². The minimum absolute atomic E-state index is 0.104. The molecular weight excluding hydrogens is 208 g/mol. The molecule has 1 saturated heterocycles. The van der Waals surface area contributed by atoms with Gasteiger partial charge >= 0.3 is 5.97 Å². The van der Waals surface area contributed by atoms with Gasteiger partial charge in [-0.15, -0.1) is 0 Å². The van der Waals surface area contributed by atoms with Crippen LogP contribution < -0.4 is 0 Å². The molecule has 16 heavy (non-hydrogen) atoms. The molecule has 1 aliphatic rings. The fraction of sp³-hybridized carbons (Fsp3) is 0.750. The lowest BCUT2D eigenvalue weighted by molar-refractivity contribution is -0.143. The summed E-state index contributed by atoms with van der Waals surface area (Å²) in [5.41, 5.74) is 0.409. The Balaban J connectivity index is 2.08. The number of esters is 1. The van der Waals surface area contributed by atoms with E-state index in [1.165, 1.54) is 0 Å². The molecule has 1 heterocycles. The highest BCUT2D eigenvalue weighted by molar-refractivity contribution is 5.86. The topological polar surface area (TPSA) is 44.8 Å². The van der Waals surface area contributed by atoms with E-state index in [4.69, 9.17) is 14.2 Å². The highest BCUT2D eigenvalue weighted by Crippen LogP contribution is 2.12. The van der Waals surface area contributed by atoms with Crippen LogP contribution in [0.3, 0.4) is 0 Å². The minimum Gasteiger partial charge on any atom is -0.460 e. The average Bonchev–Trinajstić information content (AvgIpc) is 2.75. The molecule has 0 aromatic carbocycles. The molecule has 4 heteroatoms. The highest BCUT2D eigenvalue weighted by Gasteiger charge is 2.17. The first-order valence-electron chi connectivity index (χ1n) is 5.65. The lowest BCUT2D eigenvalue weighted by atomic mass is 10.2. The van der Waals surface area contributed by atoms with Gasteiger partial charge in [0, 0.05) is 12.2 Å². The summed E-state index contributed by atoms with van der Waals surface area (Å²) in [6.45, 7) is 8.67. The van der Waals surface area contributed by atoms with Crippen molar-refractivity contribution in [1.82, 2.24) is 0 Å². The Kier molecular flexibility index (Phi) is 5.49. The van der Waals surface area contributed by atoms with Gasteiger partial charge in [-0.05, 0) is 26.7 Å². The maximum Gasteiger partial charge on any atom is 0.333 e. The van der Waals surface area contributed by atoms with Crippen molar-refractivity contribution in [3.05, 3.63) is 12.2 Å². The third-order valence-corrected chi connectivity index (χ3v) is 2.39. The molecule has 4 nitrogen and oxygen atoms in total. The van der Waals surface area contributed by atoms with E-state index >= 15 is 0 Å². The van der Waals surface area contributed by atoms with Crippen molar-refractivity contribution in [1.29, 1.82) is 0 Å². The van der Waals surface area contributed by atoms with Gasteiger partial charge in [-0.1, -0.05) is 6.58 Å². The van der Waals surface area contributed by atoms with Crippen LogP contribution in [0.15, 0.2) is 12.2 Å². The predicted octanol–water partition coefficient (Wildman–Crippen LogP) is 1.69. The first-order chi connectivity index (χ1) is 7.59. The third-order valence-electron chi connectivity index (χ3n) is 2.39. The molecule has 0 N–H and O–H groups in total. The van der Waals surface area contributed by atoms with Crippen LogP contribution >= 0.6 is 0 Å². The third kappa shape index (κ3) is 4.77. The van der Waals surface area contributed by atoms with E-state index in [1.807, 2.05) is 6.92 Å². The normalized spacial score (nSPS) is 21.8. The fourth-order valence-corrected chi connectivity index (χ4v) is 1.41. The Morgan fingerprint density at radius 3 is 2.94 bits per heavy atom. The summed E-state index contributed by atoms with van der Waals surface area (Å²) in [6, 6.07) is 0. The van der Waals surface area contributed by atoms with Crippen LogP contribution in [0.25, 0.3) is 0 Å². The van der Waals surface area contributed by atoms with Gasteiger partial charge in [0.1, 0.15) is 6.61 Å². The van der Waals surface area contributed by atoms with Crippen LogP contribution in [0, 0.1) is 0 Å². The van der Waals surface area contributed by atoms with Crippen molar-refractivity contribution >= 4 is 5.97 Å². The maximum absolute atomic E-state index is 11.1. The number of rotatable bonds is 6. The largest absolute Gasteiger partial charge is 0.460 e. The van der Waals surface area contributed by atoms with Gasteiger partial charge in [0.15, 0.2) is 0 Å². The lowest BCUT2D eigenvalue weighted by Crippen LogP contribution is -2.24. The molecule has 2 unspecified atom stereocenters. The molecule has 0 amide bonds. The first kappa shape index (κ1) is 13.2. The average molecular weight is 228 g/mol. The quantitative estimate of drug-likeness (QED) is 0.512. The van der Waals surface area contributed by atoms with E-state index in [0.29, 0.717) is 12.2 Å². The summed E-state index contributed by atoms with van der Waals surface area (Å²) in [6.07, 6.45) is 2.26. The Morgan fingerprint density at radius 1 is 1.62 bits per heavy atom. The fourth-order valence-electron chi connectivity index (χ4n) is 1.41. The Hall–Kier alpha value is -0.870. The van der Waals surface area contributed by atoms with Gasteiger partial charge in [-0.2, -0.15) is 0 Å². The lowest BCUT2D eigenvalue weighted by Gasteiger charge is -2.16. The van der Waals surface area contributed by atoms with Gasteiger partial charge < -0.3 is 14.2 Å². The van der Waals surface area contributed by atoms with Crippen LogP contribution in [0.2, 0.25) is 0 Å². The van der Waals surface area contributed by atoms with E-state index in [9.17, 15) is 4.79 Å². The number of carbonyl (C=O) groups is 1. The van der Waals surface area contributed by atoms with Gasteiger partial charge in [-0.25, -0.2) is 4.79 Å². The highest BCUT2D eigenvalue weighted by atomic mass is 16.6. The van der Waals surface area contributed by atoms with Crippen LogP contribution in [0.1, 0.15) is 26.7 Å². The van der Waals surface area contributed by atoms with Crippen molar-refractivity contribution in [2.75, 3.05) is 19.8 Å². The zero-order chi connectivity index (χ0) is 12.0. The summed E-state index contributed by atoms with van der Waals surface area (Å²) in [5, 5.41) is 0. The van der Waals surface area contributed by atoms with Crippen molar-refractivity contribution in [3.63, 3.8) is 0 Å². The molecule has 0 aromatic rings. The molecule has 1 rings (SSSR count). The SMILES string of the molecule is C=C(C)C(=O)OCC(C)OCC1CCCO1. The Bertz CT molecular complexity index is 243. The zero-order valence-corrected chi connectivity index (χ0v) is 10.0. The van der Waals surface area contributed by atoms with Crippen LogP contribution in [0.4, 0.5) is 0 Å². The second-order valence-corrected chi connectivity index (χ2v) is 4.16. The standard InChI is InChI=1S/C12H20O4/c1-9(2)12(13)16-7-10(3)15-8-11-5-4-6-14-11/h10-11H,1,4-8H2,2-3H3. The van der Waals surface area contributed by atoms with Crippen molar-refractivity contribution < 1.29 is 19.0 Å². The molecule has 0 aromatic heterocycles. The van der Waals surface area contributed by atoms with Crippen molar-refractivity contribution in [2.45, 2.75) is 38.9 Å². The first-order valence-corrected chi connectivity index (χ1v) is 5.65. The minimum atomic E-state index is -0.368. The van der Waals surface area contributed by atoms with Gasteiger partial charge in [0.2, 0.25) is 0 Å². The Morgan fingerprint density at radius 2 is 2.38 bits per heavy atom. The van der Waals surface area contributed by atoms with Crippen LogP contribution in [0.5, 0.6) is 0 Å². The summed E-state index contributed by atoms with van der Waals surface area (Å²) >= 11 is 0. The van der Waals surface area contributed by atoms with E-state index in [2.05, 4.69) is 6.58 Å². The summed E-state index contributed by atoms with van der Waals surface area (Å²) < 4.78 is 15.9. The number of hydrogen-bond donors (Lipinski definition) is 0. The molecule has 1 aliphatic heterocycles. The van der Waals surface area contributed by atoms with Crippen LogP contribution in [-0.4, -0.2) is 38.0 Å². The number of ether oxygens (including phenoxy) is 3. The summed E-state index contributed by atoms with van der Waals surface area (Å²) in [5.74, 6) is -0.368. The molecule has 1 fully saturated rings. The molecule has 0 aliphatic carbocycles. The molecule has 0 saturated carbocycles. The molecule has 2 atom stereocenters. The Labute approximate surface area is 96.6 Å². The van der Waals surface area contributed by atoms with Gasteiger partial charge in [0.05, 0.1) is 18.8 Å². The summed E-state index contributed by atoms with van der Waals surface area (Å²) in [7, 11) is 0. The van der Waals surface area contributed by atoms with Crippen molar-refractivity contribution in [3.8, 4) is 0 Å². The molecule has 92 valence electrons. The van der Waals surface area contributed by atoms with Crippen LogP contribution in [-0.2, 0) is 19.0 Å². The van der Waals surface area contributed by atoms with Gasteiger partial charge in [-0.3, -0.25) is 0 Å². The second kappa shape index (κ2) is 6.66. The smallest absolute Gasteiger partial charge is 0.333 e. The van der Waals surface area contributed by atoms with E-state index in [-0.39, 0.29) is 24.8 Å². The number of carbonyl (C=O) groups excluding carboxylic acids is 1. The van der Waals surface area contributed by atoms with Gasteiger partial charge in [0.25, 0.3) is 0 Å². The molecule has 0 bridgehead atoms. The molecule has 0 radical (unpaired) electrons.